The van der Waals surface area contributed by atoms with E-state index in [0.717, 1.165) is 18.4 Å². The molecular weight excluding hydrogens is 339 g/mol. The van der Waals surface area contributed by atoms with Gasteiger partial charge in [0.05, 0.1) is 19.4 Å². The van der Waals surface area contributed by atoms with E-state index in [-0.39, 0.29) is 24.4 Å². The van der Waals surface area contributed by atoms with Gasteiger partial charge >= 0.3 is 0 Å². The Morgan fingerprint density at radius 2 is 2.31 bits per heavy atom. The van der Waals surface area contributed by atoms with Gasteiger partial charge < -0.3 is 18.8 Å². The van der Waals surface area contributed by atoms with Crippen LogP contribution in [-0.2, 0) is 20.7 Å². The number of hydrogen-bond acceptors (Lipinski definition) is 5. The zero-order chi connectivity index (χ0) is 18.4. The third-order valence-corrected chi connectivity index (χ3v) is 4.35. The van der Waals surface area contributed by atoms with Crippen molar-refractivity contribution in [2.45, 2.75) is 25.3 Å². The number of benzene rings is 1. The molecule has 1 saturated heterocycles. The Bertz CT molecular complexity index is 734. The number of oxazole rings is 1. The van der Waals surface area contributed by atoms with Crippen LogP contribution in [0.4, 0.5) is 4.39 Å². The number of nitrogens with zero attached hydrogens (tertiary/aromatic N) is 2. The second-order valence-corrected chi connectivity index (χ2v) is 6.26. The van der Waals surface area contributed by atoms with Crippen molar-refractivity contribution in [3.63, 3.8) is 0 Å². The summed E-state index contributed by atoms with van der Waals surface area (Å²) in [5.74, 6) is 0.831. The number of aromatic nitrogens is 1. The van der Waals surface area contributed by atoms with Crippen molar-refractivity contribution >= 4 is 5.91 Å². The number of hydrogen-bond donors (Lipinski definition) is 0. The van der Waals surface area contributed by atoms with Crippen LogP contribution >= 0.6 is 0 Å². The lowest BCUT2D eigenvalue weighted by molar-refractivity contribution is -0.137. The number of halogens is 1. The van der Waals surface area contributed by atoms with Crippen molar-refractivity contribution in [1.82, 2.24) is 9.88 Å². The quantitative estimate of drug-likeness (QED) is 0.676. The predicted molar refractivity (Wildman–Crippen MR) is 92.1 cm³/mol. The second-order valence-electron chi connectivity index (χ2n) is 6.26. The minimum atomic E-state index is -0.275. The minimum Gasteiger partial charge on any atom is -0.443 e. The number of carbonyl (C=O) groups is 1. The molecule has 7 heteroatoms. The summed E-state index contributed by atoms with van der Waals surface area (Å²) in [7, 11) is 1.59. The van der Waals surface area contributed by atoms with E-state index >= 15 is 0 Å². The third kappa shape index (κ3) is 4.68. The Labute approximate surface area is 151 Å². The molecule has 3 rings (SSSR count). The molecule has 0 unspecified atom stereocenters. The molecule has 2 aromatic rings. The highest BCUT2D eigenvalue weighted by molar-refractivity contribution is 5.78. The van der Waals surface area contributed by atoms with E-state index in [2.05, 4.69) is 4.98 Å². The standard InChI is InChI=1S/C19H23FN2O4/c1-24-8-9-25-13-18(23)22-7-3-6-17(22)19-21-12-16(26-19)11-14-4-2-5-15(20)10-14/h2,4-5,10,12,17H,3,6-9,11,13H2,1H3/t17-/m0/s1. The van der Waals surface area contributed by atoms with Gasteiger partial charge in [-0.15, -0.1) is 0 Å². The summed E-state index contributed by atoms with van der Waals surface area (Å²) in [6.45, 7) is 1.53. The van der Waals surface area contributed by atoms with E-state index in [1.807, 2.05) is 6.07 Å². The summed E-state index contributed by atoms with van der Waals surface area (Å²) < 4.78 is 29.4. The highest BCUT2D eigenvalue weighted by Gasteiger charge is 2.33. The molecule has 1 amide bonds. The van der Waals surface area contributed by atoms with E-state index in [4.69, 9.17) is 13.9 Å². The van der Waals surface area contributed by atoms with Gasteiger partial charge in [-0.05, 0) is 30.5 Å². The van der Waals surface area contributed by atoms with Crippen LogP contribution in [0.1, 0.15) is 36.1 Å². The first-order valence-corrected chi connectivity index (χ1v) is 8.72. The highest BCUT2D eigenvalue weighted by atomic mass is 19.1. The predicted octanol–water partition coefficient (Wildman–Crippen LogP) is 2.73. The molecule has 6 nitrogen and oxygen atoms in total. The number of amides is 1. The zero-order valence-corrected chi connectivity index (χ0v) is 14.8. The molecule has 0 N–H and O–H groups in total. The fraction of sp³-hybridized carbons (Fsp3) is 0.474. The Morgan fingerprint density at radius 3 is 3.12 bits per heavy atom. The van der Waals surface area contributed by atoms with Crippen LogP contribution < -0.4 is 0 Å². The Morgan fingerprint density at radius 1 is 1.42 bits per heavy atom. The van der Waals surface area contributed by atoms with Crippen LogP contribution in [0.2, 0.25) is 0 Å². The number of ether oxygens (including phenoxy) is 2. The molecule has 1 atom stereocenters. The number of likely N-dealkylation sites (tertiary alicyclic amines) is 1. The van der Waals surface area contributed by atoms with Gasteiger partial charge in [-0.3, -0.25) is 4.79 Å². The topological polar surface area (TPSA) is 64.8 Å². The SMILES string of the molecule is COCCOCC(=O)N1CCC[C@H]1c1ncc(Cc2cccc(F)c2)o1. The van der Waals surface area contributed by atoms with Gasteiger partial charge in [0.1, 0.15) is 24.2 Å². The van der Waals surface area contributed by atoms with Crippen molar-refractivity contribution in [2.24, 2.45) is 0 Å². The third-order valence-electron chi connectivity index (χ3n) is 4.35. The molecule has 0 aliphatic carbocycles. The van der Waals surface area contributed by atoms with Gasteiger partial charge in [-0.1, -0.05) is 12.1 Å². The highest BCUT2D eigenvalue weighted by Crippen LogP contribution is 2.32. The van der Waals surface area contributed by atoms with Crippen LogP contribution in [-0.4, -0.2) is 49.3 Å². The molecule has 1 aliphatic rings. The van der Waals surface area contributed by atoms with E-state index in [1.54, 1.807) is 24.3 Å². The van der Waals surface area contributed by atoms with Crippen molar-refractivity contribution < 1.29 is 23.1 Å². The number of methoxy groups -OCH3 is 1. The minimum absolute atomic E-state index is 0.0245. The molecule has 0 saturated carbocycles. The molecular formula is C19H23FN2O4. The average molecular weight is 362 g/mol. The van der Waals surface area contributed by atoms with Crippen LogP contribution in [0.3, 0.4) is 0 Å². The van der Waals surface area contributed by atoms with Gasteiger partial charge in [0.25, 0.3) is 0 Å². The van der Waals surface area contributed by atoms with E-state index in [9.17, 15) is 9.18 Å². The molecule has 0 radical (unpaired) electrons. The first-order chi connectivity index (χ1) is 12.7. The molecule has 1 aromatic heterocycles. The Balaban J connectivity index is 1.61. The molecule has 0 spiro atoms. The summed E-state index contributed by atoms with van der Waals surface area (Å²) in [5.41, 5.74) is 0.818. The second kappa shape index (κ2) is 8.91. The molecule has 1 fully saturated rings. The monoisotopic (exact) mass is 362 g/mol. The van der Waals surface area contributed by atoms with Crippen molar-refractivity contribution in [2.75, 3.05) is 33.5 Å². The fourth-order valence-corrected chi connectivity index (χ4v) is 3.11. The zero-order valence-electron chi connectivity index (χ0n) is 14.8. The summed E-state index contributed by atoms with van der Waals surface area (Å²) >= 11 is 0. The number of carbonyl (C=O) groups excluding carboxylic acids is 1. The molecule has 2 heterocycles. The Kier molecular flexibility index (Phi) is 6.35. The average Bonchev–Trinajstić information content (AvgIpc) is 3.27. The van der Waals surface area contributed by atoms with Crippen LogP contribution in [0, 0.1) is 5.82 Å². The van der Waals surface area contributed by atoms with E-state index in [1.165, 1.54) is 12.1 Å². The summed E-state index contributed by atoms with van der Waals surface area (Å²) in [6.07, 6.45) is 3.82. The first kappa shape index (κ1) is 18.5. The summed E-state index contributed by atoms with van der Waals surface area (Å²) in [4.78, 5) is 18.5. The smallest absolute Gasteiger partial charge is 0.249 e. The van der Waals surface area contributed by atoms with Gasteiger partial charge in [0.15, 0.2) is 0 Å². The largest absolute Gasteiger partial charge is 0.443 e. The maximum Gasteiger partial charge on any atom is 0.249 e. The molecule has 0 bridgehead atoms. The van der Waals surface area contributed by atoms with Gasteiger partial charge in [-0.2, -0.15) is 0 Å². The van der Waals surface area contributed by atoms with Crippen molar-refractivity contribution in [3.8, 4) is 0 Å². The molecule has 1 aromatic carbocycles. The van der Waals surface area contributed by atoms with Crippen molar-refractivity contribution in [3.05, 3.63) is 53.5 Å². The first-order valence-electron chi connectivity index (χ1n) is 8.72. The van der Waals surface area contributed by atoms with Crippen LogP contribution in [0.5, 0.6) is 0 Å². The van der Waals surface area contributed by atoms with Crippen LogP contribution in [0.15, 0.2) is 34.9 Å². The van der Waals surface area contributed by atoms with E-state index in [0.29, 0.717) is 37.8 Å². The maximum absolute atomic E-state index is 13.3. The summed E-state index contributed by atoms with van der Waals surface area (Å²) in [6, 6.07) is 6.23. The normalized spacial score (nSPS) is 17.0. The lowest BCUT2D eigenvalue weighted by Gasteiger charge is -2.22. The van der Waals surface area contributed by atoms with E-state index < -0.39 is 0 Å². The summed E-state index contributed by atoms with van der Waals surface area (Å²) in [5, 5.41) is 0. The fourth-order valence-electron chi connectivity index (χ4n) is 3.11. The van der Waals surface area contributed by atoms with Crippen LogP contribution in [0.25, 0.3) is 0 Å². The molecule has 26 heavy (non-hydrogen) atoms. The molecule has 1 aliphatic heterocycles. The van der Waals surface area contributed by atoms with Gasteiger partial charge in [0, 0.05) is 20.1 Å². The van der Waals surface area contributed by atoms with Crippen molar-refractivity contribution in [1.29, 1.82) is 0 Å². The molecule has 140 valence electrons. The maximum atomic E-state index is 13.3. The lowest BCUT2D eigenvalue weighted by Crippen LogP contribution is -2.34. The number of rotatable bonds is 8. The lowest BCUT2D eigenvalue weighted by atomic mass is 10.1. The van der Waals surface area contributed by atoms with Gasteiger partial charge in [0.2, 0.25) is 11.8 Å². The van der Waals surface area contributed by atoms with Gasteiger partial charge in [-0.25, -0.2) is 9.37 Å². The Hall–Kier alpha value is -2.25.